The van der Waals surface area contributed by atoms with Crippen LogP contribution in [0, 0.1) is 18.7 Å². The van der Waals surface area contributed by atoms with Crippen LogP contribution in [-0.4, -0.2) is 52.9 Å². The fraction of sp³-hybridized carbons (Fsp3) is 0.536. The summed E-state index contributed by atoms with van der Waals surface area (Å²) in [6.07, 6.45) is 4.96. The lowest BCUT2D eigenvalue weighted by Gasteiger charge is -2.28. The summed E-state index contributed by atoms with van der Waals surface area (Å²) in [6, 6.07) is 13.7. The van der Waals surface area contributed by atoms with Gasteiger partial charge in [0, 0.05) is 19.0 Å². The van der Waals surface area contributed by atoms with Crippen molar-refractivity contribution in [2.45, 2.75) is 70.1 Å². The van der Waals surface area contributed by atoms with E-state index in [0.717, 1.165) is 55.3 Å². The quantitative estimate of drug-likeness (QED) is 0.472. The summed E-state index contributed by atoms with van der Waals surface area (Å²) in [4.78, 5) is 13.4. The fourth-order valence-electron chi connectivity index (χ4n) is 5.10. The predicted octanol–water partition coefficient (Wildman–Crippen LogP) is 4.69. The number of aliphatic carboxylic acids is 1. The zero-order valence-electron chi connectivity index (χ0n) is 20.0. The van der Waals surface area contributed by atoms with Crippen LogP contribution in [0.5, 0.6) is 0 Å². The molecule has 1 aliphatic heterocycles. The Morgan fingerprint density at radius 2 is 2.00 bits per heavy atom. The van der Waals surface area contributed by atoms with Gasteiger partial charge in [-0.25, -0.2) is 4.39 Å². The molecule has 1 saturated heterocycles. The number of hydrogen-bond donors (Lipinski definition) is 2. The van der Waals surface area contributed by atoms with Crippen molar-refractivity contribution in [1.82, 2.24) is 4.90 Å². The highest BCUT2D eigenvalue weighted by atomic mass is 19.1. The lowest BCUT2D eigenvalue weighted by atomic mass is 9.96. The van der Waals surface area contributed by atoms with E-state index in [-0.39, 0.29) is 24.9 Å². The Kier molecular flexibility index (Phi) is 8.35. The van der Waals surface area contributed by atoms with Gasteiger partial charge in [-0.15, -0.1) is 0 Å². The summed E-state index contributed by atoms with van der Waals surface area (Å²) >= 11 is 0. The summed E-state index contributed by atoms with van der Waals surface area (Å²) in [5.41, 5.74) is 3.73. The first-order valence-electron chi connectivity index (χ1n) is 12.5. The normalized spacial score (nSPS) is 20.4. The summed E-state index contributed by atoms with van der Waals surface area (Å²) < 4.78 is 20.2. The van der Waals surface area contributed by atoms with Gasteiger partial charge in [0.1, 0.15) is 5.82 Å². The van der Waals surface area contributed by atoms with Gasteiger partial charge >= 0.3 is 5.97 Å². The van der Waals surface area contributed by atoms with Gasteiger partial charge in [-0.3, -0.25) is 9.69 Å². The van der Waals surface area contributed by atoms with Crippen LogP contribution >= 0.6 is 0 Å². The van der Waals surface area contributed by atoms with Gasteiger partial charge in [0.2, 0.25) is 0 Å². The minimum absolute atomic E-state index is 0.0955. The molecule has 2 aliphatic rings. The Morgan fingerprint density at radius 1 is 1.21 bits per heavy atom. The molecular formula is C28H36FNO4. The first-order valence-corrected chi connectivity index (χ1v) is 12.5. The lowest BCUT2D eigenvalue weighted by molar-refractivity contribution is -0.136. The molecule has 2 aromatic rings. The number of hydrogen-bond acceptors (Lipinski definition) is 4. The van der Waals surface area contributed by atoms with E-state index in [1.807, 2.05) is 36.4 Å². The average molecular weight is 470 g/mol. The molecule has 1 saturated carbocycles. The number of aliphatic hydroxyl groups excluding tert-OH is 1. The van der Waals surface area contributed by atoms with Crippen molar-refractivity contribution < 1.29 is 24.1 Å². The largest absolute Gasteiger partial charge is 0.481 e. The Bertz CT molecular complexity index is 977. The van der Waals surface area contributed by atoms with Crippen molar-refractivity contribution in [2.24, 2.45) is 5.92 Å². The van der Waals surface area contributed by atoms with E-state index in [4.69, 9.17) is 9.84 Å². The van der Waals surface area contributed by atoms with Gasteiger partial charge < -0.3 is 14.9 Å². The van der Waals surface area contributed by atoms with Crippen LogP contribution in [0.1, 0.15) is 60.5 Å². The Labute approximate surface area is 201 Å². The first kappa shape index (κ1) is 24.8. The van der Waals surface area contributed by atoms with Gasteiger partial charge in [-0.1, -0.05) is 36.4 Å². The van der Waals surface area contributed by atoms with Gasteiger partial charge in [0.15, 0.2) is 0 Å². The number of likely N-dealkylation sites (tertiary alicyclic amines) is 1. The van der Waals surface area contributed by atoms with E-state index in [0.29, 0.717) is 30.5 Å². The topological polar surface area (TPSA) is 70.0 Å². The van der Waals surface area contributed by atoms with Crippen LogP contribution in [0.15, 0.2) is 42.5 Å². The van der Waals surface area contributed by atoms with Gasteiger partial charge in [0.25, 0.3) is 0 Å². The minimum atomic E-state index is -0.803. The third kappa shape index (κ3) is 6.65. The maximum atomic E-state index is 14.0. The fourth-order valence-corrected chi connectivity index (χ4v) is 5.10. The second-order valence-electron chi connectivity index (χ2n) is 9.92. The molecule has 3 atom stereocenters. The number of halogens is 1. The molecule has 5 nitrogen and oxygen atoms in total. The Balaban J connectivity index is 1.33. The molecule has 184 valence electrons. The van der Waals surface area contributed by atoms with E-state index in [1.54, 1.807) is 13.0 Å². The molecule has 2 N–H and O–H groups in total. The number of nitrogens with zero attached hydrogens (tertiary/aromatic N) is 1. The maximum absolute atomic E-state index is 14.0. The molecule has 34 heavy (non-hydrogen) atoms. The van der Waals surface area contributed by atoms with Crippen molar-refractivity contribution in [3.05, 3.63) is 70.5 Å². The van der Waals surface area contributed by atoms with Crippen LogP contribution < -0.4 is 0 Å². The van der Waals surface area contributed by atoms with E-state index in [2.05, 4.69) is 4.90 Å². The highest BCUT2D eigenvalue weighted by molar-refractivity contribution is 5.67. The molecule has 0 unspecified atom stereocenters. The van der Waals surface area contributed by atoms with Crippen LogP contribution in [0.4, 0.5) is 4.39 Å². The smallest absolute Gasteiger partial charge is 0.303 e. The molecule has 1 heterocycles. The molecule has 0 bridgehead atoms. The molecule has 2 fully saturated rings. The predicted molar refractivity (Wildman–Crippen MR) is 129 cm³/mol. The molecule has 0 amide bonds. The van der Waals surface area contributed by atoms with E-state index in [1.165, 1.54) is 0 Å². The number of carboxylic acid groups (broad SMARTS) is 1. The number of β-amino-alcohol motifs (C(OH)–C–C–N with tert-alkyl or cyclic N) is 1. The number of aliphatic hydroxyl groups is 1. The highest BCUT2D eigenvalue weighted by Crippen LogP contribution is 2.44. The van der Waals surface area contributed by atoms with Crippen molar-refractivity contribution in [2.75, 3.05) is 19.7 Å². The molecular weight excluding hydrogens is 433 g/mol. The average Bonchev–Trinajstić information content (AvgIpc) is 3.56. The minimum Gasteiger partial charge on any atom is -0.481 e. The van der Waals surface area contributed by atoms with Gasteiger partial charge in [-0.05, 0) is 86.2 Å². The number of rotatable bonds is 12. The summed E-state index contributed by atoms with van der Waals surface area (Å²) in [6.45, 7) is 3.49. The maximum Gasteiger partial charge on any atom is 0.303 e. The number of aryl methyl sites for hydroxylation is 2. The van der Waals surface area contributed by atoms with Crippen LogP contribution in [0.25, 0.3) is 0 Å². The Hall–Kier alpha value is -2.28. The number of carboxylic acids is 1. The second-order valence-corrected chi connectivity index (χ2v) is 9.92. The van der Waals surface area contributed by atoms with Crippen molar-refractivity contribution >= 4 is 5.97 Å². The molecule has 0 aromatic heterocycles. The van der Waals surface area contributed by atoms with Crippen LogP contribution in [0.2, 0.25) is 0 Å². The summed E-state index contributed by atoms with van der Waals surface area (Å²) in [5.74, 6) is -0.540. The van der Waals surface area contributed by atoms with Crippen LogP contribution in [0.3, 0.4) is 0 Å². The number of benzene rings is 2. The first-order chi connectivity index (χ1) is 16.4. The summed E-state index contributed by atoms with van der Waals surface area (Å²) in [5, 5.41) is 19.9. The van der Waals surface area contributed by atoms with E-state index in [9.17, 15) is 14.3 Å². The molecule has 4 rings (SSSR count). The summed E-state index contributed by atoms with van der Waals surface area (Å²) in [7, 11) is 0. The number of carbonyl (C=O) groups is 1. The SMILES string of the molecule is Cc1ccc(C[C@@H]2CCCN2C[C@@H](O)CO[C@H](c2ccccc2CCC(=O)O)C2CC2)cc1F. The van der Waals surface area contributed by atoms with Crippen LogP contribution in [-0.2, 0) is 22.4 Å². The zero-order chi connectivity index (χ0) is 24.1. The molecule has 0 spiro atoms. The highest BCUT2D eigenvalue weighted by Gasteiger charge is 2.35. The molecule has 1 aliphatic carbocycles. The van der Waals surface area contributed by atoms with Crippen molar-refractivity contribution in [3.63, 3.8) is 0 Å². The lowest BCUT2D eigenvalue weighted by Crippen LogP contribution is -2.39. The monoisotopic (exact) mass is 469 g/mol. The Morgan fingerprint density at radius 3 is 2.74 bits per heavy atom. The molecule has 2 aromatic carbocycles. The second kappa shape index (κ2) is 11.4. The van der Waals surface area contributed by atoms with E-state index < -0.39 is 12.1 Å². The standard InChI is InChI=1S/C28H36FNO4/c1-19-8-9-20(16-26(19)29)15-23-6-4-14-30(23)17-24(31)18-34-28(22-10-11-22)25-7-3-2-5-21(25)12-13-27(32)33/h2-3,5,7-9,16,22-24,28,31H,4,6,10-15,17-18H2,1H3,(H,32,33)/t23-,24+,28-/m0/s1. The third-order valence-corrected chi connectivity index (χ3v) is 7.14. The molecule has 6 heteroatoms. The third-order valence-electron chi connectivity index (χ3n) is 7.14. The number of ether oxygens (including phenoxy) is 1. The zero-order valence-corrected chi connectivity index (χ0v) is 20.0. The van der Waals surface area contributed by atoms with Gasteiger partial charge in [0.05, 0.1) is 18.8 Å². The molecule has 0 radical (unpaired) electrons. The van der Waals surface area contributed by atoms with E-state index >= 15 is 0 Å². The van der Waals surface area contributed by atoms with Gasteiger partial charge in [-0.2, -0.15) is 0 Å². The van der Waals surface area contributed by atoms with Crippen molar-refractivity contribution in [1.29, 1.82) is 0 Å². The van der Waals surface area contributed by atoms with Crippen molar-refractivity contribution in [3.8, 4) is 0 Å².